The van der Waals surface area contributed by atoms with Crippen molar-refractivity contribution in [1.29, 1.82) is 5.26 Å². The van der Waals surface area contributed by atoms with Gasteiger partial charge >= 0.3 is 11.9 Å². The molecule has 0 aromatic heterocycles. The van der Waals surface area contributed by atoms with E-state index in [1.165, 1.54) is 12.1 Å². The number of hydrogen-bond donors (Lipinski definition) is 0. The Bertz CT molecular complexity index is 970. The second-order valence-corrected chi connectivity index (χ2v) is 7.48. The van der Waals surface area contributed by atoms with Crippen molar-refractivity contribution in [3.05, 3.63) is 46.3 Å². The molecule has 0 unspecified atom stereocenters. The molecule has 0 N–H and O–H groups in total. The van der Waals surface area contributed by atoms with Crippen molar-refractivity contribution in [2.75, 3.05) is 12.9 Å². The molecular weight excluding hydrogens is 408 g/mol. The van der Waals surface area contributed by atoms with Crippen LogP contribution in [-0.2, 0) is 33.3 Å². The van der Waals surface area contributed by atoms with Crippen molar-refractivity contribution < 1.29 is 36.4 Å². The third-order valence-electron chi connectivity index (χ3n) is 3.76. The van der Waals surface area contributed by atoms with Gasteiger partial charge in [-0.2, -0.15) is 13.7 Å². The molecule has 13 heteroatoms. The van der Waals surface area contributed by atoms with Crippen LogP contribution in [0.1, 0.15) is 17.3 Å². The van der Waals surface area contributed by atoms with Crippen LogP contribution in [0.3, 0.4) is 0 Å². The minimum absolute atomic E-state index is 0.195. The number of esters is 2. The Labute approximate surface area is 165 Å². The smallest absolute Gasteiger partial charge is 0.338 e. The third-order valence-corrected chi connectivity index (χ3v) is 4.34. The van der Waals surface area contributed by atoms with E-state index in [0.29, 0.717) is 6.26 Å². The largest absolute Gasteiger partial charge is 0.459 e. The van der Waals surface area contributed by atoms with Crippen LogP contribution in [0.5, 0.6) is 0 Å². The summed E-state index contributed by atoms with van der Waals surface area (Å²) in [6.45, 7) is 0.352. The Morgan fingerprint density at radius 3 is 2.55 bits per heavy atom. The van der Waals surface area contributed by atoms with Gasteiger partial charge in [0.05, 0.1) is 11.8 Å². The molecular formula is C16H16N4O8S. The zero-order valence-electron chi connectivity index (χ0n) is 15.3. The molecule has 154 valence electrons. The molecule has 0 spiro atoms. The van der Waals surface area contributed by atoms with Crippen LogP contribution in [0.4, 0.5) is 0 Å². The molecule has 0 amide bonds. The Hall–Kier alpha value is -3.17. The predicted molar refractivity (Wildman–Crippen MR) is 94.4 cm³/mol. The summed E-state index contributed by atoms with van der Waals surface area (Å²) in [5.74, 6) is -1.69. The molecule has 1 aliphatic rings. The van der Waals surface area contributed by atoms with Gasteiger partial charge in [-0.05, 0) is 17.7 Å². The zero-order chi connectivity index (χ0) is 21.7. The monoisotopic (exact) mass is 424 g/mol. The average molecular weight is 424 g/mol. The van der Waals surface area contributed by atoms with Gasteiger partial charge in [0, 0.05) is 11.8 Å². The number of carbonyl (C=O) groups is 2. The van der Waals surface area contributed by atoms with Crippen LogP contribution in [0, 0.1) is 11.3 Å². The second-order valence-electron chi connectivity index (χ2n) is 5.91. The predicted octanol–water partition coefficient (Wildman–Crippen LogP) is 1.05. The highest BCUT2D eigenvalue weighted by Crippen LogP contribution is 2.38. The molecule has 0 saturated carbocycles. The number of ether oxygens (including phenoxy) is 3. The van der Waals surface area contributed by atoms with E-state index in [9.17, 15) is 23.3 Å². The maximum absolute atomic E-state index is 12.2. The Balaban J connectivity index is 2.38. The van der Waals surface area contributed by atoms with Gasteiger partial charge in [0.25, 0.3) is 10.1 Å². The highest BCUT2D eigenvalue weighted by molar-refractivity contribution is 7.86. The van der Waals surface area contributed by atoms with E-state index in [4.69, 9.17) is 23.9 Å². The lowest BCUT2D eigenvalue weighted by atomic mass is 9.94. The molecule has 2 rings (SSSR count). The number of nitrogens with zero attached hydrogens (tertiary/aromatic N) is 4. The first-order valence-electron chi connectivity index (χ1n) is 8.04. The minimum atomic E-state index is -4.28. The maximum Gasteiger partial charge on any atom is 0.338 e. The van der Waals surface area contributed by atoms with Gasteiger partial charge in [-0.15, -0.1) is 0 Å². The minimum Gasteiger partial charge on any atom is -0.459 e. The first-order chi connectivity index (χ1) is 13.6. The molecule has 4 atom stereocenters. The standard InChI is InChI=1S/C16H16N4O8S/c1-10(21)26-13-14(19-20-18)27-12(16(13,9-17)28-29(2,23)24)8-25-15(22)11-6-4-3-5-7-11/h3-7,12-14H,8H2,1-2H3/t12-,13+,14-,16-/m1/s1. The van der Waals surface area contributed by atoms with Gasteiger partial charge in [0.2, 0.25) is 5.60 Å². The topological polar surface area (TPSA) is 178 Å². The summed E-state index contributed by atoms with van der Waals surface area (Å²) in [4.78, 5) is 26.2. The van der Waals surface area contributed by atoms with E-state index in [1.807, 2.05) is 0 Å². The first kappa shape index (κ1) is 22.1. The number of carbonyl (C=O) groups excluding carboxylic acids is 2. The number of nitriles is 1. The van der Waals surface area contributed by atoms with Crippen molar-refractivity contribution in [1.82, 2.24) is 0 Å². The van der Waals surface area contributed by atoms with Gasteiger partial charge in [-0.1, -0.05) is 23.3 Å². The van der Waals surface area contributed by atoms with Crippen LogP contribution in [0.15, 0.2) is 35.4 Å². The highest BCUT2D eigenvalue weighted by Gasteiger charge is 2.63. The van der Waals surface area contributed by atoms with Crippen LogP contribution >= 0.6 is 0 Å². The average Bonchev–Trinajstić information content (AvgIpc) is 2.92. The van der Waals surface area contributed by atoms with E-state index < -0.39 is 52.7 Å². The number of rotatable bonds is 7. The normalized spacial score (nSPS) is 26.0. The molecule has 1 heterocycles. The summed E-state index contributed by atoms with van der Waals surface area (Å²) in [5, 5.41) is 13.0. The van der Waals surface area contributed by atoms with Crippen molar-refractivity contribution in [2.24, 2.45) is 5.11 Å². The summed E-state index contributed by atoms with van der Waals surface area (Å²) in [6, 6.07) is 9.46. The second kappa shape index (κ2) is 8.89. The lowest BCUT2D eigenvalue weighted by Crippen LogP contribution is -2.53. The molecule has 1 fully saturated rings. The molecule has 1 aliphatic heterocycles. The van der Waals surface area contributed by atoms with Crippen molar-refractivity contribution in [3.63, 3.8) is 0 Å². The van der Waals surface area contributed by atoms with E-state index in [0.717, 1.165) is 6.92 Å². The summed E-state index contributed by atoms with van der Waals surface area (Å²) < 4.78 is 43.9. The van der Waals surface area contributed by atoms with Crippen molar-refractivity contribution in [2.45, 2.75) is 31.0 Å². The van der Waals surface area contributed by atoms with Gasteiger partial charge < -0.3 is 14.2 Å². The first-order valence-corrected chi connectivity index (χ1v) is 9.85. The Morgan fingerprint density at radius 1 is 1.38 bits per heavy atom. The molecule has 1 aromatic rings. The zero-order valence-corrected chi connectivity index (χ0v) is 16.1. The van der Waals surface area contributed by atoms with E-state index in [2.05, 4.69) is 10.0 Å². The molecule has 0 radical (unpaired) electrons. The van der Waals surface area contributed by atoms with Crippen LogP contribution in [-0.4, -0.2) is 57.3 Å². The molecule has 1 aromatic carbocycles. The van der Waals surface area contributed by atoms with E-state index in [1.54, 1.807) is 24.3 Å². The quantitative estimate of drug-likeness (QED) is 0.203. The molecule has 12 nitrogen and oxygen atoms in total. The Morgan fingerprint density at radius 2 is 2.03 bits per heavy atom. The molecule has 1 saturated heterocycles. The lowest BCUT2D eigenvalue weighted by Gasteiger charge is -2.29. The molecule has 0 aliphatic carbocycles. The van der Waals surface area contributed by atoms with Gasteiger partial charge in [-0.25, -0.2) is 8.98 Å². The Kier molecular flexibility index (Phi) is 6.78. The summed E-state index contributed by atoms with van der Waals surface area (Å²) in [7, 11) is -4.28. The van der Waals surface area contributed by atoms with Crippen molar-refractivity contribution in [3.8, 4) is 6.07 Å². The number of azide groups is 1. The van der Waals surface area contributed by atoms with Gasteiger partial charge in [-0.3, -0.25) is 4.79 Å². The highest BCUT2D eigenvalue weighted by atomic mass is 32.2. The summed E-state index contributed by atoms with van der Waals surface area (Å²) in [5.41, 5.74) is 6.46. The number of hydrogen-bond acceptors (Lipinski definition) is 10. The maximum atomic E-state index is 12.2. The fourth-order valence-corrected chi connectivity index (χ4v) is 3.42. The fraction of sp³-hybridized carbons (Fsp3) is 0.438. The third kappa shape index (κ3) is 5.21. The number of benzene rings is 1. The van der Waals surface area contributed by atoms with Crippen LogP contribution < -0.4 is 0 Å². The molecule has 29 heavy (non-hydrogen) atoms. The summed E-state index contributed by atoms with van der Waals surface area (Å²) >= 11 is 0. The van der Waals surface area contributed by atoms with Crippen LogP contribution in [0.25, 0.3) is 10.4 Å². The molecule has 0 bridgehead atoms. The summed E-state index contributed by atoms with van der Waals surface area (Å²) in [6.07, 6.45) is -4.19. The lowest BCUT2D eigenvalue weighted by molar-refractivity contribution is -0.154. The van der Waals surface area contributed by atoms with E-state index >= 15 is 0 Å². The SMILES string of the molecule is CC(=O)O[C@H]1[C@H](N=[N+]=[N-])O[C@H](COC(=O)c2ccccc2)[C@@]1(C#N)OS(C)(=O)=O. The van der Waals surface area contributed by atoms with Gasteiger partial charge in [0.1, 0.15) is 18.8 Å². The van der Waals surface area contributed by atoms with Gasteiger partial charge in [0.15, 0.2) is 12.3 Å². The fourth-order valence-electron chi connectivity index (χ4n) is 2.68. The van der Waals surface area contributed by atoms with Crippen molar-refractivity contribution >= 4 is 22.1 Å². The van der Waals surface area contributed by atoms with E-state index in [-0.39, 0.29) is 5.56 Å². The van der Waals surface area contributed by atoms with Crippen LogP contribution in [0.2, 0.25) is 0 Å².